The Balaban J connectivity index is 2.05. The van der Waals surface area contributed by atoms with E-state index in [0.717, 1.165) is 29.3 Å². The van der Waals surface area contributed by atoms with Crippen LogP contribution < -0.4 is 4.72 Å². The second-order valence-electron chi connectivity index (χ2n) is 4.07. The van der Waals surface area contributed by atoms with Crippen LogP contribution in [0, 0.1) is 0 Å². The van der Waals surface area contributed by atoms with E-state index in [9.17, 15) is 8.42 Å². The lowest BCUT2D eigenvalue weighted by Crippen LogP contribution is -2.44. The largest absolute Gasteiger partial charge is 0.376 e. The van der Waals surface area contributed by atoms with Gasteiger partial charge >= 0.3 is 0 Å². The molecule has 2 heterocycles. The second-order valence-corrected chi connectivity index (χ2v) is 8.89. The van der Waals surface area contributed by atoms with Crippen molar-refractivity contribution in [1.82, 2.24) is 4.72 Å². The Labute approximate surface area is 120 Å². The normalized spacial score (nSPS) is 24.6. The Kier molecular flexibility index (Phi) is 4.61. The second kappa shape index (κ2) is 5.68. The molecule has 1 fully saturated rings. The maximum Gasteiger partial charge on any atom is 0.250 e. The number of hydrogen-bond donors (Lipinski definition) is 1. The predicted molar refractivity (Wildman–Crippen MR) is 76.2 cm³/mol. The molecule has 0 amide bonds. The molecule has 1 aliphatic heterocycles. The summed E-state index contributed by atoms with van der Waals surface area (Å²) >= 11 is 8.58. The van der Waals surface area contributed by atoms with Gasteiger partial charge in [-0.1, -0.05) is 11.6 Å². The first kappa shape index (κ1) is 14.6. The molecule has 1 N–H and O–H groups in total. The predicted octanol–water partition coefficient (Wildman–Crippen LogP) is 2.20. The molecule has 18 heavy (non-hydrogen) atoms. The highest BCUT2D eigenvalue weighted by Crippen LogP contribution is 2.31. The van der Waals surface area contributed by atoms with E-state index in [0.29, 0.717) is 10.9 Å². The van der Waals surface area contributed by atoms with Crippen LogP contribution in [0.3, 0.4) is 0 Å². The van der Waals surface area contributed by atoms with E-state index in [1.54, 1.807) is 24.9 Å². The number of methoxy groups -OCH3 is 1. The van der Waals surface area contributed by atoms with Crippen molar-refractivity contribution in [2.75, 3.05) is 25.2 Å². The molecular formula is C10H14ClNO3S3. The van der Waals surface area contributed by atoms with Crippen LogP contribution in [0.2, 0.25) is 4.34 Å². The molecule has 0 radical (unpaired) electrons. The van der Waals surface area contributed by atoms with Gasteiger partial charge in [0.2, 0.25) is 10.0 Å². The van der Waals surface area contributed by atoms with E-state index in [2.05, 4.69) is 4.72 Å². The highest BCUT2D eigenvalue weighted by atomic mass is 35.5. The molecule has 0 unspecified atom stereocenters. The maximum atomic E-state index is 12.0. The minimum absolute atomic E-state index is 0.240. The highest BCUT2D eigenvalue weighted by molar-refractivity contribution is 7.99. The summed E-state index contributed by atoms with van der Waals surface area (Å²) in [6.45, 7) is 0.300. The SMILES string of the molecule is CO[C@]1(CNS(=O)(=O)c2ccc(Cl)s2)CCSC1. The first-order valence-electron chi connectivity index (χ1n) is 5.35. The van der Waals surface area contributed by atoms with Crippen molar-refractivity contribution in [3.05, 3.63) is 16.5 Å². The smallest absolute Gasteiger partial charge is 0.250 e. The summed E-state index contributed by atoms with van der Waals surface area (Å²) in [5.41, 5.74) is -0.376. The maximum absolute atomic E-state index is 12.0. The molecule has 1 aromatic rings. The zero-order chi connectivity index (χ0) is 13.2. The van der Waals surface area contributed by atoms with E-state index in [1.165, 1.54) is 6.07 Å². The van der Waals surface area contributed by atoms with Gasteiger partial charge in [0.05, 0.1) is 9.94 Å². The summed E-state index contributed by atoms with van der Waals surface area (Å²) in [6.07, 6.45) is 0.863. The van der Waals surface area contributed by atoms with E-state index in [-0.39, 0.29) is 9.81 Å². The summed E-state index contributed by atoms with van der Waals surface area (Å²) in [4.78, 5) is 0. The molecule has 1 saturated heterocycles. The van der Waals surface area contributed by atoms with Crippen LogP contribution in [-0.4, -0.2) is 39.2 Å². The fraction of sp³-hybridized carbons (Fsp3) is 0.600. The van der Waals surface area contributed by atoms with Gasteiger partial charge in [-0.3, -0.25) is 0 Å². The molecule has 1 aromatic heterocycles. The van der Waals surface area contributed by atoms with Gasteiger partial charge in [-0.2, -0.15) is 11.8 Å². The fourth-order valence-electron chi connectivity index (χ4n) is 1.70. The van der Waals surface area contributed by atoms with Crippen molar-refractivity contribution in [2.45, 2.75) is 16.2 Å². The Bertz CT molecular complexity index is 508. The first-order valence-corrected chi connectivity index (χ1v) is 9.19. The number of rotatable bonds is 5. The Morgan fingerprint density at radius 1 is 1.56 bits per heavy atom. The Morgan fingerprint density at radius 2 is 2.33 bits per heavy atom. The van der Waals surface area contributed by atoms with Gasteiger partial charge in [-0.15, -0.1) is 11.3 Å². The average molecular weight is 328 g/mol. The Hall–Kier alpha value is 0.210. The van der Waals surface area contributed by atoms with Crippen LogP contribution in [0.15, 0.2) is 16.3 Å². The van der Waals surface area contributed by atoms with Crippen molar-refractivity contribution >= 4 is 44.7 Å². The van der Waals surface area contributed by atoms with Crippen LogP contribution in [0.1, 0.15) is 6.42 Å². The number of sulfonamides is 1. The van der Waals surface area contributed by atoms with Crippen LogP contribution in [-0.2, 0) is 14.8 Å². The fourth-order valence-corrected chi connectivity index (χ4v) is 5.74. The minimum atomic E-state index is -3.48. The summed E-state index contributed by atoms with van der Waals surface area (Å²) in [5, 5.41) is 0. The highest BCUT2D eigenvalue weighted by Gasteiger charge is 2.35. The lowest BCUT2D eigenvalue weighted by atomic mass is 10.0. The minimum Gasteiger partial charge on any atom is -0.376 e. The average Bonchev–Trinajstić information content (AvgIpc) is 2.96. The number of hydrogen-bond acceptors (Lipinski definition) is 5. The quantitative estimate of drug-likeness (QED) is 0.900. The molecular weight excluding hydrogens is 314 g/mol. The zero-order valence-electron chi connectivity index (χ0n) is 9.81. The number of thiophene rings is 1. The summed E-state index contributed by atoms with van der Waals surface area (Å²) < 4.78 is 32.9. The van der Waals surface area contributed by atoms with Gasteiger partial charge in [-0.25, -0.2) is 13.1 Å². The summed E-state index contributed by atoms with van der Waals surface area (Å²) in [5.74, 6) is 1.82. The number of halogens is 1. The third kappa shape index (κ3) is 3.20. The molecule has 0 bridgehead atoms. The van der Waals surface area contributed by atoms with Crippen molar-refractivity contribution in [3.63, 3.8) is 0 Å². The lowest BCUT2D eigenvalue weighted by molar-refractivity contribution is 0.0179. The van der Waals surface area contributed by atoms with Crippen molar-refractivity contribution < 1.29 is 13.2 Å². The molecule has 0 saturated carbocycles. The van der Waals surface area contributed by atoms with Crippen molar-refractivity contribution in [3.8, 4) is 0 Å². The molecule has 4 nitrogen and oxygen atoms in total. The lowest BCUT2D eigenvalue weighted by Gasteiger charge is -2.26. The monoisotopic (exact) mass is 327 g/mol. The molecule has 1 atom stereocenters. The molecule has 0 aromatic carbocycles. The van der Waals surface area contributed by atoms with Crippen molar-refractivity contribution in [2.24, 2.45) is 0 Å². The number of thioether (sulfide) groups is 1. The molecule has 102 valence electrons. The molecule has 1 aliphatic rings. The van der Waals surface area contributed by atoms with Crippen LogP contribution in [0.25, 0.3) is 0 Å². The van der Waals surface area contributed by atoms with Crippen LogP contribution in [0.5, 0.6) is 0 Å². The number of ether oxygens (including phenoxy) is 1. The molecule has 2 rings (SSSR count). The first-order chi connectivity index (χ1) is 8.47. The third-order valence-electron chi connectivity index (χ3n) is 2.90. The molecule has 8 heteroatoms. The van der Waals surface area contributed by atoms with E-state index in [4.69, 9.17) is 16.3 Å². The summed E-state index contributed by atoms with van der Waals surface area (Å²) in [7, 11) is -1.85. The molecule has 0 spiro atoms. The van der Waals surface area contributed by atoms with Gasteiger partial charge in [0.15, 0.2) is 0 Å². The van der Waals surface area contributed by atoms with Gasteiger partial charge in [-0.05, 0) is 24.3 Å². The standard InChI is InChI=1S/C10H14ClNO3S3/c1-15-10(4-5-16-7-10)6-12-18(13,14)9-3-2-8(11)17-9/h2-3,12H,4-7H2,1H3/t10-/m0/s1. The van der Waals surface area contributed by atoms with E-state index >= 15 is 0 Å². The van der Waals surface area contributed by atoms with Gasteiger partial charge in [0, 0.05) is 19.4 Å². The Morgan fingerprint density at radius 3 is 2.83 bits per heavy atom. The summed E-state index contributed by atoms with van der Waals surface area (Å²) in [6, 6.07) is 3.09. The van der Waals surface area contributed by atoms with E-state index < -0.39 is 10.0 Å². The topological polar surface area (TPSA) is 55.4 Å². The van der Waals surface area contributed by atoms with Crippen LogP contribution >= 0.6 is 34.7 Å². The van der Waals surface area contributed by atoms with Gasteiger partial charge < -0.3 is 4.74 Å². The zero-order valence-corrected chi connectivity index (χ0v) is 13.0. The van der Waals surface area contributed by atoms with Gasteiger partial charge in [0.1, 0.15) is 4.21 Å². The van der Waals surface area contributed by atoms with E-state index in [1.807, 2.05) is 0 Å². The number of nitrogens with one attached hydrogen (secondary N) is 1. The third-order valence-corrected chi connectivity index (χ3v) is 7.25. The van der Waals surface area contributed by atoms with Gasteiger partial charge in [0.25, 0.3) is 0 Å². The molecule has 0 aliphatic carbocycles. The van der Waals surface area contributed by atoms with Crippen molar-refractivity contribution in [1.29, 1.82) is 0 Å². The van der Waals surface area contributed by atoms with Crippen LogP contribution in [0.4, 0.5) is 0 Å².